The molecule has 4 rings (SSSR count). The fraction of sp³-hybridized carbons (Fsp3) is 0.400. The zero-order valence-electron chi connectivity index (χ0n) is 20.6. The van der Waals surface area contributed by atoms with Crippen LogP contribution in [0.4, 0.5) is 9.59 Å². The van der Waals surface area contributed by atoms with Gasteiger partial charge in [0.1, 0.15) is 24.3 Å². The largest absolute Gasteiger partial charge is 0.475 e. The zero-order valence-corrected chi connectivity index (χ0v) is 21.4. The summed E-state index contributed by atoms with van der Waals surface area (Å²) in [5.41, 5.74) is 0.750. The van der Waals surface area contributed by atoms with Crippen molar-refractivity contribution in [1.29, 1.82) is 0 Å². The first-order valence-electron chi connectivity index (χ1n) is 11.6. The monoisotopic (exact) mass is 512 g/mol. The van der Waals surface area contributed by atoms with Crippen LogP contribution in [0.15, 0.2) is 35.5 Å². The first-order chi connectivity index (χ1) is 17.1. The highest BCUT2D eigenvalue weighted by Gasteiger charge is 2.33. The molecule has 0 saturated carbocycles. The van der Waals surface area contributed by atoms with Crippen LogP contribution in [0.1, 0.15) is 44.7 Å². The zero-order chi connectivity index (χ0) is 25.9. The lowest BCUT2D eigenvalue weighted by Gasteiger charge is -2.28. The molecule has 2 saturated heterocycles. The van der Waals surface area contributed by atoms with Crippen LogP contribution in [0.3, 0.4) is 0 Å². The van der Waals surface area contributed by atoms with Gasteiger partial charge >= 0.3 is 6.09 Å². The van der Waals surface area contributed by atoms with Crippen molar-refractivity contribution in [3.8, 4) is 17.5 Å². The van der Waals surface area contributed by atoms with Gasteiger partial charge in [0, 0.05) is 6.54 Å². The van der Waals surface area contributed by atoms with Crippen molar-refractivity contribution in [2.45, 2.75) is 52.2 Å². The normalized spacial score (nSPS) is 18.9. The standard InChI is InChI=1S/C25H28N4O6S/c1-15-21(33-13-17-8-6-10-29(17)24(32)35-25(2,3)4)26-14-27-22(15)34-18-9-5-7-16(11-18)12-19-20(30)28-23(31)36-19/h5,7,9,11-12,14,17H,6,8,10,13H2,1-4H3,(H,28,30,31)/b19-12+. The maximum absolute atomic E-state index is 12.5. The number of carbonyl (C=O) groups excluding carboxylic acids is 3. The maximum atomic E-state index is 12.5. The number of thioether (sulfide) groups is 1. The number of nitrogens with one attached hydrogen (secondary N) is 1. The van der Waals surface area contributed by atoms with Crippen LogP contribution in [0, 0.1) is 6.92 Å². The van der Waals surface area contributed by atoms with Crippen LogP contribution < -0.4 is 14.8 Å². The van der Waals surface area contributed by atoms with E-state index in [2.05, 4.69) is 15.3 Å². The van der Waals surface area contributed by atoms with Gasteiger partial charge in [0.15, 0.2) is 0 Å². The summed E-state index contributed by atoms with van der Waals surface area (Å²) in [6.07, 6.45) is 4.33. The minimum absolute atomic E-state index is 0.110. The summed E-state index contributed by atoms with van der Waals surface area (Å²) in [6.45, 7) is 8.23. The van der Waals surface area contributed by atoms with Crippen LogP contribution >= 0.6 is 11.8 Å². The average molecular weight is 513 g/mol. The van der Waals surface area contributed by atoms with E-state index < -0.39 is 16.7 Å². The summed E-state index contributed by atoms with van der Waals surface area (Å²) >= 11 is 0.854. The molecule has 0 spiro atoms. The third-order valence-corrected chi connectivity index (χ3v) is 6.23. The van der Waals surface area contributed by atoms with Gasteiger partial charge in [0.25, 0.3) is 11.1 Å². The molecule has 2 fully saturated rings. The third-order valence-electron chi connectivity index (χ3n) is 5.42. The Morgan fingerprint density at radius 1 is 1.25 bits per heavy atom. The average Bonchev–Trinajstić information content (AvgIpc) is 3.39. The molecule has 3 heterocycles. The summed E-state index contributed by atoms with van der Waals surface area (Å²) < 4.78 is 17.5. The van der Waals surface area contributed by atoms with Crippen molar-refractivity contribution in [3.05, 3.63) is 46.6 Å². The molecule has 1 aromatic heterocycles. The van der Waals surface area contributed by atoms with Gasteiger partial charge in [-0.05, 0) is 76.1 Å². The van der Waals surface area contributed by atoms with E-state index in [4.69, 9.17) is 14.2 Å². The first kappa shape index (κ1) is 25.5. The van der Waals surface area contributed by atoms with Gasteiger partial charge in [0.05, 0.1) is 16.5 Å². The van der Waals surface area contributed by atoms with E-state index in [-0.39, 0.29) is 18.7 Å². The highest BCUT2D eigenvalue weighted by atomic mass is 32.2. The molecule has 2 aliphatic rings. The van der Waals surface area contributed by atoms with E-state index in [1.54, 1.807) is 42.2 Å². The Morgan fingerprint density at radius 3 is 2.75 bits per heavy atom. The number of hydrogen-bond donors (Lipinski definition) is 1. The molecule has 3 amide bonds. The molecule has 36 heavy (non-hydrogen) atoms. The summed E-state index contributed by atoms with van der Waals surface area (Å²) in [5, 5.41) is 1.84. The number of nitrogens with zero attached hydrogens (tertiary/aromatic N) is 3. The molecule has 11 heteroatoms. The molecule has 0 aliphatic carbocycles. The minimum atomic E-state index is -0.561. The van der Waals surface area contributed by atoms with Crippen molar-refractivity contribution in [2.24, 2.45) is 0 Å². The number of rotatable bonds is 6. The quantitative estimate of drug-likeness (QED) is 0.550. The Balaban J connectivity index is 1.42. The lowest BCUT2D eigenvalue weighted by molar-refractivity contribution is -0.115. The number of aromatic nitrogens is 2. The summed E-state index contributed by atoms with van der Waals surface area (Å²) in [7, 11) is 0. The van der Waals surface area contributed by atoms with Crippen molar-refractivity contribution in [2.75, 3.05) is 13.2 Å². The number of imide groups is 1. The van der Waals surface area contributed by atoms with Gasteiger partial charge in [-0.15, -0.1) is 0 Å². The smallest absolute Gasteiger partial charge is 0.410 e. The van der Waals surface area contributed by atoms with Gasteiger partial charge in [0.2, 0.25) is 11.8 Å². The highest BCUT2D eigenvalue weighted by Crippen LogP contribution is 2.31. The number of carbonyl (C=O) groups is 3. The van der Waals surface area contributed by atoms with E-state index >= 15 is 0 Å². The Hall–Kier alpha value is -3.60. The molecule has 190 valence electrons. The fourth-order valence-corrected chi connectivity index (χ4v) is 4.45. The molecule has 0 radical (unpaired) electrons. The van der Waals surface area contributed by atoms with Crippen LogP contribution in [-0.4, -0.2) is 56.9 Å². The second-order valence-corrected chi connectivity index (χ2v) is 10.4. The lowest BCUT2D eigenvalue weighted by atomic mass is 10.2. The summed E-state index contributed by atoms with van der Waals surface area (Å²) in [6, 6.07) is 6.97. The summed E-state index contributed by atoms with van der Waals surface area (Å²) in [4.78, 5) is 46.2. The van der Waals surface area contributed by atoms with Crippen molar-refractivity contribution in [3.63, 3.8) is 0 Å². The van der Waals surface area contributed by atoms with E-state index in [1.165, 1.54) is 6.33 Å². The molecule has 10 nitrogen and oxygen atoms in total. The van der Waals surface area contributed by atoms with E-state index in [0.717, 1.165) is 24.6 Å². The van der Waals surface area contributed by atoms with Gasteiger partial charge < -0.3 is 19.1 Å². The molecule has 2 aliphatic heterocycles. The molecule has 1 unspecified atom stereocenters. The minimum Gasteiger partial charge on any atom is -0.475 e. The molecular weight excluding hydrogens is 484 g/mol. The number of likely N-dealkylation sites (tertiary alicyclic amines) is 1. The first-order valence-corrected chi connectivity index (χ1v) is 12.4. The Morgan fingerprint density at radius 2 is 2.03 bits per heavy atom. The SMILES string of the molecule is Cc1c(OCC2CCCN2C(=O)OC(C)(C)C)ncnc1Oc1cccc(/C=C2/SC(=O)NC2=O)c1. The maximum Gasteiger partial charge on any atom is 0.410 e. The Bertz CT molecular complexity index is 1210. The number of benzene rings is 1. The van der Waals surface area contributed by atoms with Crippen molar-refractivity contribution in [1.82, 2.24) is 20.2 Å². The number of hydrogen-bond acceptors (Lipinski definition) is 9. The lowest BCUT2D eigenvalue weighted by Crippen LogP contribution is -2.42. The van der Waals surface area contributed by atoms with Crippen molar-refractivity contribution >= 4 is 35.1 Å². The number of amides is 3. The second-order valence-electron chi connectivity index (χ2n) is 9.42. The van der Waals surface area contributed by atoms with E-state index in [1.807, 2.05) is 20.8 Å². The van der Waals surface area contributed by atoms with E-state index in [0.29, 0.717) is 40.1 Å². The fourth-order valence-electron chi connectivity index (χ4n) is 3.76. The molecule has 1 atom stereocenters. The van der Waals surface area contributed by atoms with Gasteiger partial charge in [-0.2, -0.15) is 0 Å². The Kier molecular flexibility index (Phi) is 7.48. The Labute approximate surface area is 213 Å². The molecule has 2 aromatic rings. The van der Waals surface area contributed by atoms with Gasteiger partial charge in [-0.25, -0.2) is 14.8 Å². The predicted molar refractivity (Wildman–Crippen MR) is 134 cm³/mol. The molecule has 1 N–H and O–H groups in total. The van der Waals surface area contributed by atoms with E-state index in [9.17, 15) is 14.4 Å². The topological polar surface area (TPSA) is 120 Å². The van der Waals surface area contributed by atoms with Gasteiger partial charge in [-0.1, -0.05) is 12.1 Å². The number of ether oxygens (including phenoxy) is 3. The highest BCUT2D eigenvalue weighted by molar-refractivity contribution is 8.18. The van der Waals surface area contributed by atoms with Crippen LogP contribution in [0.25, 0.3) is 6.08 Å². The molecule has 1 aromatic carbocycles. The second kappa shape index (κ2) is 10.6. The third kappa shape index (κ3) is 6.34. The van der Waals surface area contributed by atoms with Crippen molar-refractivity contribution < 1.29 is 28.6 Å². The van der Waals surface area contributed by atoms with Crippen LogP contribution in [0.5, 0.6) is 17.5 Å². The predicted octanol–water partition coefficient (Wildman–Crippen LogP) is 4.68. The molecule has 0 bridgehead atoms. The summed E-state index contributed by atoms with van der Waals surface area (Å²) in [5.74, 6) is 0.770. The molecular formula is C25H28N4O6S. The van der Waals surface area contributed by atoms with Crippen LogP contribution in [0.2, 0.25) is 0 Å². The van der Waals surface area contributed by atoms with Gasteiger partial charge in [-0.3, -0.25) is 14.9 Å². The van der Waals surface area contributed by atoms with Crippen LogP contribution in [-0.2, 0) is 9.53 Å².